The fraction of sp³-hybridized carbons (Fsp3) is 0.609. The number of aromatic nitrogens is 4. The molecule has 3 aliphatic heterocycles. The Kier molecular flexibility index (Phi) is 4.66. The summed E-state index contributed by atoms with van der Waals surface area (Å²) in [6.07, 6.45) is -3.90. The molecule has 2 aliphatic carbocycles. The maximum absolute atomic E-state index is 11.9. The number of likely N-dealkylation sites (tertiary alicyclic amines) is 1. The van der Waals surface area contributed by atoms with E-state index in [1.807, 2.05) is 12.1 Å². The van der Waals surface area contributed by atoms with Gasteiger partial charge in [0.25, 0.3) is 0 Å². The highest BCUT2D eigenvalue weighted by molar-refractivity contribution is 5.62. The molecule has 0 saturated carbocycles. The second kappa shape index (κ2) is 7.44. The van der Waals surface area contributed by atoms with Crippen LogP contribution in [0.1, 0.15) is 29.5 Å². The van der Waals surface area contributed by atoms with Crippen molar-refractivity contribution in [2.75, 3.05) is 13.6 Å². The lowest BCUT2D eigenvalue weighted by atomic mass is 9.52. The summed E-state index contributed by atoms with van der Waals surface area (Å²) in [5.74, 6) is -1.85. The summed E-state index contributed by atoms with van der Waals surface area (Å²) in [4.78, 5) is 2.30. The Labute approximate surface area is 204 Å². The predicted molar refractivity (Wildman–Crippen MR) is 117 cm³/mol. The van der Waals surface area contributed by atoms with Crippen LogP contribution in [0.5, 0.6) is 11.5 Å². The number of nitrogens with zero attached hydrogens (tertiary/aromatic N) is 4. The van der Waals surface area contributed by atoms with Crippen LogP contribution in [0.3, 0.4) is 0 Å². The van der Waals surface area contributed by atoms with E-state index in [0.717, 1.165) is 24.1 Å². The molecule has 1 unspecified atom stereocenters. The summed E-state index contributed by atoms with van der Waals surface area (Å²) in [5, 5.41) is 68.0. The second-order valence-corrected chi connectivity index (χ2v) is 10.4. The fourth-order valence-corrected chi connectivity index (χ4v) is 7.07. The van der Waals surface area contributed by atoms with Crippen molar-refractivity contribution in [3.8, 4) is 11.5 Å². The maximum Gasteiger partial charge on any atom is 0.225 e. The van der Waals surface area contributed by atoms with Gasteiger partial charge in [0.2, 0.25) is 11.6 Å². The average molecular weight is 501 g/mol. The van der Waals surface area contributed by atoms with Crippen LogP contribution in [0, 0.1) is 5.92 Å². The number of tetrazole rings is 1. The zero-order valence-corrected chi connectivity index (χ0v) is 19.3. The fourth-order valence-electron chi connectivity index (χ4n) is 7.07. The Morgan fingerprint density at radius 3 is 2.83 bits per heavy atom. The number of H-pyrrole nitrogens is 1. The minimum Gasteiger partial charge on any atom is -0.504 e. The number of piperidine rings is 1. The standard InChI is InChI=1S/C23H27N5O8/c1-28-7-6-22-10-4-5-23(33,21(22)35-16-12(29)3-2-9(13(16)22)8-11(10)28)36-18-15(31)14(30)17(34-20(18)32)19-24-26-27-25-19/h2-5,10-11,14-15,17-18,20-21,29-33H,6-8H2,1H3,(H,24,25,26,27)/t10-,11+,14-,15-,17?,18+,20+,21+,22-,23+/m0/s1. The number of ether oxygens (including phenoxy) is 3. The van der Waals surface area contributed by atoms with Crippen LogP contribution in [-0.4, -0.2) is 107 Å². The van der Waals surface area contributed by atoms with E-state index in [1.165, 1.54) is 6.08 Å². The van der Waals surface area contributed by atoms with Gasteiger partial charge in [-0.15, -0.1) is 10.2 Å². The molecule has 192 valence electrons. The van der Waals surface area contributed by atoms with Gasteiger partial charge in [-0.25, -0.2) is 0 Å². The van der Waals surface area contributed by atoms with Gasteiger partial charge >= 0.3 is 0 Å². The molecule has 1 aromatic carbocycles. The highest BCUT2D eigenvalue weighted by Gasteiger charge is 2.69. The lowest BCUT2D eigenvalue weighted by molar-refractivity contribution is -0.351. The van der Waals surface area contributed by atoms with Gasteiger partial charge in [0, 0.05) is 17.5 Å². The number of aromatic hydroxyl groups is 1. The number of aromatic amines is 1. The van der Waals surface area contributed by atoms with E-state index < -0.39 is 48.0 Å². The zero-order chi connectivity index (χ0) is 25.0. The lowest BCUT2D eigenvalue weighted by Crippen LogP contribution is -2.70. The largest absolute Gasteiger partial charge is 0.504 e. The van der Waals surface area contributed by atoms with Gasteiger partial charge in [0.1, 0.15) is 18.3 Å². The molecule has 6 N–H and O–H groups in total. The number of likely N-dealkylation sites (N-methyl/N-ethyl adjacent to an activating group) is 1. The molecule has 36 heavy (non-hydrogen) atoms. The number of hydrogen-bond donors (Lipinski definition) is 6. The van der Waals surface area contributed by atoms with E-state index in [4.69, 9.17) is 14.2 Å². The van der Waals surface area contributed by atoms with Crippen LogP contribution < -0.4 is 4.74 Å². The van der Waals surface area contributed by atoms with Crippen molar-refractivity contribution in [2.24, 2.45) is 5.92 Å². The van der Waals surface area contributed by atoms with Crippen LogP contribution >= 0.6 is 0 Å². The molecule has 5 aliphatic rings. The zero-order valence-electron chi connectivity index (χ0n) is 19.3. The molecule has 1 aromatic heterocycles. The van der Waals surface area contributed by atoms with Crippen molar-refractivity contribution in [2.45, 2.75) is 66.9 Å². The molecule has 1 spiro atoms. The summed E-state index contributed by atoms with van der Waals surface area (Å²) in [7, 11) is 2.08. The molecule has 13 nitrogen and oxygen atoms in total. The molecule has 2 fully saturated rings. The third-order valence-corrected chi connectivity index (χ3v) is 8.70. The van der Waals surface area contributed by atoms with Gasteiger partial charge in [-0.2, -0.15) is 5.21 Å². The number of benzene rings is 1. The molecular formula is C23H27N5O8. The van der Waals surface area contributed by atoms with Crippen molar-refractivity contribution in [1.82, 2.24) is 25.5 Å². The molecule has 4 heterocycles. The summed E-state index contributed by atoms with van der Waals surface area (Å²) in [6.45, 7) is 0.752. The number of rotatable bonds is 3. The molecule has 0 amide bonds. The molecule has 10 atom stereocenters. The SMILES string of the molecule is CN1CC[C@]23c4c5ccc(O)c4O[C@H]2[C@](O)(O[C@@H]2[C@@H](O)[C@H](O)C(c4nn[nH]n4)O[C@H]2O)C=C[C@H]3[C@H]1C5. The van der Waals surface area contributed by atoms with Crippen LogP contribution in [-0.2, 0) is 21.3 Å². The topological polar surface area (TPSA) is 187 Å². The number of phenolic OH excluding ortho intramolecular Hbond substituents is 1. The van der Waals surface area contributed by atoms with Crippen LogP contribution in [0.25, 0.3) is 0 Å². The van der Waals surface area contributed by atoms with Crippen LogP contribution in [0.2, 0.25) is 0 Å². The summed E-state index contributed by atoms with van der Waals surface area (Å²) < 4.78 is 17.7. The molecule has 2 saturated heterocycles. The van der Waals surface area contributed by atoms with Gasteiger partial charge in [0.05, 0.1) is 5.41 Å². The monoisotopic (exact) mass is 501 g/mol. The average Bonchev–Trinajstić information content (AvgIpc) is 3.51. The van der Waals surface area contributed by atoms with E-state index >= 15 is 0 Å². The summed E-state index contributed by atoms with van der Waals surface area (Å²) >= 11 is 0. The molecule has 2 aromatic rings. The van der Waals surface area contributed by atoms with Crippen LogP contribution in [0.15, 0.2) is 24.3 Å². The van der Waals surface area contributed by atoms with Crippen molar-refractivity contribution in [1.29, 1.82) is 0 Å². The first-order valence-corrected chi connectivity index (χ1v) is 12.0. The second-order valence-electron chi connectivity index (χ2n) is 10.4. The van der Waals surface area contributed by atoms with E-state index in [1.54, 1.807) is 6.07 Å². The number of aliphatic hydroxyl groups excluding tert-OH is 3. The Hall–Kier alpha value is -2.65. The van der Waals surface area contributed by atoms with Crippen LogP contribution in [0.4, 0.5) is 0 Å². The maximum atomic E-state index is 11.9. The Morgan fingerprint density at radius 1 is 1.22 bits per heavy atom. The van der Waals surface area contributed by atoms with E-state index in [9.17, 15) is 25.5 Å². The minimum atomic E-state index is -2.11. The van der Waals surface area contributed by atoms with Gasteiger partial charge in [-0.3, -0.25) is 0 Å². The summed E-state index contributed by atoms with van der Waals surface area (Å²) in [6, 6.07) is 3.67. The van der Waals surface area contributed by atoms with Gasteiger partial charge in [-0.1, -0.05) is 17.4 Å². The first-order chi connectivity index (χ1) is 17.2. The van der Waals surface area contributed by atoms with E-state index in [-0.39, 0.29) is 23.5 Å². The first kappa shape index (κ1) is 22.5. The third kappa shape index (κ3) is 2.76. The smallest absolute Gasteiger partial charge is 0.225 e. The normalized spacial score (nSPS) is 44.8. The highest BCUT2D eigenvalue weighted by atomic mass is 16.7. The van der Waals surface area contributed by atoms with Gasteiger partial charge < -0.3 is 44.6 Å². The van der Waals surface area contributed by atoms with E-state index in [2.05, 4.69) is 32.6 Å². The molecule has 2 bridgehead atoms. The quantitative estimate of drug-likeness (QED) is 0.206. The minimum absolute atomic E-state index is 0.00802. The van der Waals surface area contributed by atoms with Crippen molar-refractivity contribution >= 4 is 0 Å². The van der Waals surface area contributed by atoms with Crippen molar-refractivity contribution < 1.29 is 39.7 Å². The molecule has 7 rings (SSSR count). The lowest BCUT2D eigenvalue weighted by Gasteiger charge is -2.58. The third-order valence-electron chi connectivity index (χ3n) is 8.70. The Balaban J connectivity index is 1.27. The number of hydrogen-bond acceptors (Lipinski definition) is 12. The van der Waals surface area contributed by atoms with Crippen molar-refractivity contribution in [3.05, 3.63) is 41.2 Å². The molecule has 0 radical (unpaired) electrons. The number of nitrogens with one attached hydrogen (secondary N) is 1. The van der Waals surface area contributed by atoms with E-state index in [0.29, 0.717) is 12.2 Å². The predicted octanol–water partition coefficient (Wildman–Crippen LogP) is -1.76. The number of aliphatic hydroxyl groups is 4. The van der Waals surface area contributed by atoms with Crippen molar-refractivity contribution in [3.63, 3.8) is 0 Å². The Bertz CT molecular complexity index is 1230. The molecular weight excluding hydrogens is 474 g/mol. The summed E-state index contributed by atoms with van der Waals surface area (Å²) in [5.41, 5.74) is 1.25. The molecule has 13 heteroatoms. The Morgan fingerprint density at radius 2 is 2.06 bits per heavy atom. The first-order valence-electron chi connectivity index (χ1n) is 12.0. The van der Waals surface area contributed by atoms with Gasteiger partial charge in [0.15, 0.2) is 30.0 Å². The van der Waals surface area contributed by atoms with Gasteiger partial charge in [-0.05, 0) is 44.1 Å². The highest BCUT2D eigenvalue weighted by Crippen LogP contribution is 2.64. The number of phenols is 1.